The summed E-state index contributed by atoms with van der Waals surface area (Å²) in [4.78, 5) is 69.6. The van der Waals surface area contributed by atoms with Gasteiger partial charge in [-0.05, 0) is 0 Å². The van der Waals surface area contributed by atoms with Gasteiger partial charge in [0.25, 0.3) is 0 Å². The molecule has 32 heavy (non-hydrogen) atoms. The van der Waals surface area contributed by atoms with Crippen LogP contribution in [0, 0.1) is 4.91 Å². The molecule has 180 valence electrons. The van der Waals surface area contributed by atoms with Crippen molar-refractivity contribution in [2.75, 3.05) is 19.0 Å². The highest BCUT2D eigenvalue weighted by molar-refractivity contribution is 6.18. The second kappa shape index (κ2) is 12.8. The summed E-state index contributed by atoms with van der Waals surface area (Å²) in [6.07, 6.45) is -7.14. The number of rotatable bonds is 9. The summed E-state index contributed by atoms with van der Waals surface area (Å²) in [6, 6.07) is -1.07. The Morgan fingerprint density at radius 2 is 1.44 bits per heavy atom. The van der Waals surface area contributed by atoms with E-state index in [4.69, 9.17) is 35.3 Å². The predicted octanol–water partition coefficient (Wildman–Crippen LogP) is 0.00130. The molecule has 14 nitrogen and oxygen atoms in total. The molecular formula is C17H24ClN3O11. The van der Waals surface area contributed by atoms with Crippen LogP contribution in [-0.2, 0) is 42.9 Å². The number of nitrogens with zero attached hydrogens (tertiary/aromatic N) is 2. The number of amides is 2. The molecule has 0 aromatic rings. The Morgan fingerprint density at radius 1 is 0.906 bits per heavy atom. The summed E-state index contributed by atoms with van der Waals surface area (Å²) in [5.74, 6) is -3.29. The maximum absolute atomic E-state index is 12.4. The maximum atomic E-state index is 12.4. The van der Waals surface area contributed by atoms with Crippen LogP contribution in [0.2, 0.25) is 0 Å². The monoisotopic (exact) mass is 481 g/mol. The maximum Gasteiger partial charge on any atom is 0.342 e. The van der Waals surface area contributed by atoms with Crippen molar-refractivity contribution in [3.63, 3.8) is 0 Å². The van der Waals surface area contributed by atoms with Crippen LogP contribution in [0.3, 0.4) is 0 Å². The highest BCUT2D eigenvalue weighted by Gasteiger charge is 2.52. The zero-order chi connectivity index (χ0) is 24.4. The first-order chi connectivity index (χ1) is 15.0. The molecule has 1 rings (SSSR count). The van der Waals surface area contributed by atoms with E-state index in [1.54, 1.807) is 0 Å². The number of halogens is 1. The molecule has 2 amide bonds. The molecule has 0 unspecified atom stereocenters. The summed E-state index contributed by atoms with van der Waals surface area (Å²) in [6.45, 7) is 3.57. The van der Waals surface area contributed by atoms with Gasteiger partial charge >= 0.3 is 29.9 Å². The number of esters is 4. The smallest absolute Gasteiger partial charge is 0.342 e. The van der Waals surface area contributed by atoms with Crippen LogP contribution >= 0.6 is 11.6 Å². The van der Waals surface area contributed by atoms with Gasteiger partial charge in [0.05, 0.1) is 11.8 Å². The molecule has 0 radical (unpaired) electrons. The van der Waals surface area contributed by atoms with Crippen molar-refractivity contribution in [3.8, 4) is 0 Å². The number of hydrogen-bond acceptors (Lipinski definition) is 12. The van der Waals surface area contributed by atoms with Gasteiger partial charge in [-0.1, -0.05) is 0 Å². The van der Waals surface area contributed by atoms with Crippen molar-refractivity contribution in [2.24, 2.45) is 5.29 Å². The van der Waals surface area contributed by atoms with E-state index in [9.17, 15) is 28.9 Å². The quantitative estimate of drug-likeness (QED) is 0.154. The zero-order valence-corrected chi connectivity index (χ0v) is 18.5. The summed E-state index contributed by atoms with van der Waals surface area (Å²) in [7, 11) is 0. The fourth-order valence-electron chi connectivity index (χ4n) is 2.80. The van der Waals surface area contributed by atoms with E-state index < -0.39 is 67.2 Å². The molecule has 1 aliphatic heterocycles. The number of nitroso groups, excluding NO2 is 1. The zero-order valence-electron chi connectivity index (χ0n) is 17.8. The minimum Gasteiger partial charge on any atom is -0.463 e. The van der Waals surface area contributed by atoms with Crippen LogP contribution in [0.1, 0.15) is 27.7 Å². The highest BCUT2D eigenvalue weighted by Crippen LogP contribution is 2.28. The Kier molecular flexibility index (Phi) is 10.8. The third-order valence-electron chi connectivity index (χ3n) is 3.89. The topological polar surface area (TPSA) is 176 Å². The second-order valence-electron chi connectivity index (χ2n) is 6.46. The van der Waals surface area contributed by atoms with Crippen molar-refractivity contribution in [2.45, 2.75) is 58.3 Å². The second-order valence-corrected chi connectivity index (χ2v) is 6.84. The molecule has 0 aromatic heterocycles. The van der Waals surface area contributed by atoms with Crippen molar-refractivity contribution >= 4 is 41.5 Å². The van der Waals surface area contributed by atoms with Gasteiger partial charge in [0.15, 0.2) is 24.5 Å². The first-order valence-electron chi connectivity index (χ1n) is 9.27. The number of urea groups is 1. The fourth-order valence-corrected chi connectivity index (χ4v) is 2.96. The summed E-state index contributed by atoms with van der Waals surface area (Å²) >= 11 is 5.53. The van der Waals surface area contributed by atoms with Gasteiger partial charge in [-0.2, -0.15) is 5.01 Å². The average Bonchev–Trinajstić information content (AvgIpc) is 2.67. The normalized spacial score (nSPS) is 24.5. The molecule has 0 saturated carbocycles. The molecule has 1 aliphatic rings. The van der Waals surface area contributed by atoms with E-state index >= 15 is 0 Å². The van der Waals surface area contributed by atoms with Gasteiger partial charge in [0.2, 0.25) is 0 Å². The lowest BCUT2D eigenvalue weighted by atomic mass is 9.97. The summed E-state index contributed by atoms with van der Waals surface area (Å²) in [5.41, 5.74) is 0. The first kappa shape index (κ1) is 27.0. The lowest BCUT2D eigenvalue weighted by Crippen LogP contribution is -2.66. The van der Waals surface area contributed by atoms with Crippen LogP contribution < -0.4 is 5.32 Å². The van der Waals surface area contributed by atoms with Crippen LogP contribution in [0.15, 0.2) is 5.29 Å². The Morgan fingerprint density at radius 3 is 1.91 bits per heavy atom. The van der Waals surface area contributed by atoms with Crippen molar-refractivity contribution < 1.29 is 47.7 Å². The van der Waals surface area contributed by atoms with Crippen LogP contribution in [-0.4, -0.2) is 84.6 Å². The number of carbonyl (C=O) groups is 5. The Hall–Kier alpha value is -3.00. The molecule has 0 aromatic carbocycles. The molecule has 0 aliphatic carbocycles. The third kappa shape index (κ3) is 8.26. The number of carbonyl (C=O) groups excluding carboxylic acids is 5. The van der Waals surface area contributed by atoms with E-state index in [-0.39, 0.29) is 12.4 Å². The van der Waals surface area contributed by atoms with E-state index in [0.29, 0.717) is 5.01 Å². The number of nitrogens with one attached hydrogen (secondary N) is 1. The molecule has 1 saturated heterocycles. The van der Waals surface area contributed by atoms with Gasteiger partial charge in [-0.15, -0.1) is 16.5 Å². The van der Waals surface area contributed by atoms with Gasteiger partial charge in [0.1, 0.15) is 12.7 Å². The molecule has 1 N–H and O–H groups in total. The summed E-state index contributed by atoms with van der Waals surface area (Å²) < 4.78 is 26.1. The fraction of sp³-hybridized carbons (Fsp3) is 0.706. The van der Waals surface area contributed by atoms with E-state index in [1.807, 2.05) is 0 Å². The molecule has 5 atom stereocenters. The van der Waals surface area contributed by atoms with Crippen molar-refractivity contribution in [3.05, 3.63) is 4.91 Å². The lowest BCUT2D eigenvalue weighted by Gasteiger charge is -2.44. The standard InChI is InChI=1S/C17H24ClN3O11/c1-8(22)28-7-12-13(29-9(2)23)14(30-10(3)24)15(31-11(4)25)16(32-12)19-17(26)21(20-27)6-5-18/h12-16H,5-7H2,1-4H3,(H,19,26)/t12-,13+,14+,15-,16-/m1/s1. The van der Waals surface area contributed by atoms with Gasteiger partial charge in [-0.25, -0.2) is 4.79 Å². The van der Waals surface area contributed by atoms with E-state index in [0.717, 1.165) is 27.7 Å². The predicted molar refractivity (Wildman–Crippen MR) is 104 cm³/mol. The Bertz CT molecular complexity index is 735. The summed E-state index contributed by atoms with van der Waals surface area (Å²) in [5, 5.41) is 5.24. The van der Waals surface area contributed by atoms with Gasteiger partial charge in [-0.3, -0.25) is 19.2 Å². The molecular weight excluding hydrogens is 458 g/mol. The number of hydrogen-bond donors (Lipinski definition) is 1. The SMILES string of the molecule is CC(=O)OC[C@H]1O[C@@H](NC(=O)N(CCCl)N=O)[C@H](OC(C)=O)[C@@H](OC(C)=O)[C@H]1OC(C)=O. The minimum absolute atomic E-state index is 0.113. The number of alkyl halides is 1. The largest absolute Gasteiger partial charge is 0.463 e. The Balaban J connectivity index is 3.36. The molecule has 1 heterocycles. The highest BCUT2D eigenvalue weighted by atomic mass is 35.5. The van der Waals surface area contributed by atoms with Crippen LogP contribution in [0.5, 0.6) is 0 Å². The molecule has 1 fully saturated rings. The third-order valence-corrected chi connectivity index (χ3v) is 4.05. The minimum atomic E-state index is -1.53. The molecule has 0 spiro atoms. The number of ether oxygens (including phenoxy) is 5. The van der Waals surface area contributed by atoms with Crippen LogP contribution in [0.4, 0.5) is 4.79 Å². The van der Waals surface area contributed by atoms with Gasteiger partial charge in [0, 0.05) is 33.6 Å². The molecule has 15 heteroatoms. The average molecular weight is 482 g/mol. The van der Waals surface area contributed by atoms with E-state index in [1.165, 1.54) is 0 Å². The molecule has 0 bridgehead atoms. The van der Waals surface area contributed by atoms with Crippen LogP contribution in [0.25, 0.3) is 0 Å². The van der Waals surface area contributed by atoms with Crippen molar-refractivity contribution in [1.29, 1.82) is 0 Å². The van der Waals surface area contributed by atoms with Crippen molar-refractivity contribution in [1.82, 2.24) is 10.3 Å². The Labute approximate surface area is 187 Å². The lowest BCUT2D eigenvalue weighted by molar-refractivity contribution is -0.255. The first-order valence-corrected chi connectivity index (χ1v) is 9.81. The van der Waals surface area contributed by atoms with Gasteiger partial charge < -0.3 is 29.0 Å². The van der Waals surface area contributed by atoms with E-state index in [2.05, 4.69) is 10.6 Å².